The third-order valence-corrected chi connectivity index (χ3v) is 7.60. The Morgan fingerprint density at radius 2 is 1.50 bits per heavy atom. The lowest BCUT2D eigenvalue weighted by Gasteiger charge is -2.12. The van der Waals surface area contributed by atoms with Crippen molar-refractivity contribution >= 4 is 17.7 Å². The third-order valence-electron chi connectivity index (χ3n) is 6.61. The average molecular weight is 605 g/mol. The first-order valence-electron chi connectivity index (χ1n) is 13.3. The van der Waals surface area contributed by atoms with Crippen LogP contribution in [-0.4, -0.2) is 27.8 Å². The Kier molecular flexibility index (Phi) is 10.9. The monoisotopic (exact) mass is 604 g/mol. The lowest BCUT2D eigenvalue weighted by atomic mass is 10.1. The number of unbranched alkanes of at least 4 members (excludes halogenated alkanes) is 1. The zero-order valence-corrected chi connectivity index (χ0v) is 23.6. The highest BCUT2D eigenvalue weighted by molar-refractivity contribution is 7.98. The van der Waals surface area contributed by atoms with Crippen LogP contribution in [0.4, 0.5) is 22.0 Å². The molecule has 12 heteroatoms. The molecule has 0 unspecified atom stereocenters. The highest BCUT2D eigenvalue weighted by Gasteiger charge is 2.26. The van der Waals surface area contributed by atoms with E-state index in [1.54, 1.807) is 11.7 Å². The number of aryl methyl sites for hydroxylation is 2. The largest absolute Gasteiger partial charge is 0.497 e. The van der Waals surface area contributed by atoms with E-state index >= 15 is 0 Å². The number of methoxy groups -OCH3 is 1. The number of benzene rings is 3. The predicted octanol–water partition coefficient (Wildman–Crippen LogP) is 6.55. The van der Waals surface area contributed by atoms with Gasteiger partial charge in [0, 0.05) is 37.2 Å². The maximum atomic E-state index is 14.2. The summed E-state index contributed by atoms with van der Waals surface area (Å²) in [6.45, 7) is 0.842. The number of aromatic nitrogens is 3. The van der Waals surface area contributed by atoms with Crippen molar-refractivity contribution in [2.75, 3.05) is 7.11 Å². The van der Waals surface area contributed by atoms with Crippen molar-refractivity contribution in [3.63, 3.8) is 0 Å². The first kappa shape index (κ1) is 31.0. The van der Waals surface area contributed by atoms with Crippen molar-refractivity contribution in [2.24, 2.45) is 0 Å². The average Bonchev–Trinajstić information content (AvgIpc) is 3.41. The van der Waals surface area contributed by atoms with Crippen LogP contribution in [0.5, 0.6) is 5.75 Å². The van der Waals surface area contributed by atoms with Crippen LogP contribution in [0.25, 0.3) is 0 Å². The fourth-order valence-electron chi connectivity index (χ4n) is 4.24. The van der Waals surface area contributed by atoms with Crippen LogP contribution >= 0.6 is 11.8 Å². The van der Waals surface area contributed by atoms with Gasteiger partial charge in [-0.1, -0.05) is 54.2 Å². The molecule has 42 heavy (non-hydrogen) atoms. The van der Waals surface area contributed by atoms with E-state index in [1.807, 2.05) is 54.6 Å². The molecule has 1 N–H and O–H groups in total. The van der Waals surface area contributed by atoms with E-state index in [9.17, 15) is 26.7 Å². The van der Waals surface area contributed by atoms with Gasteiger partial charge in [-0.15, -0.1) is 10.2 Å². The summed E-state index contributed by atoms with van der Waals surface area (Å²) >= 11 is 0.840. The molecular weight excluding hydrogens is 575 g/mol. The Labute approximate surface area is 244 Å². The van der Waals surface area contributed by atoms with Crippen molar-refractivity contribution in [1.82, 2.24) is 20.1 Å². The standard InChI is InChI=1S/C30H29F5N4O2S/c1-41-21-13-11-20(12-14-21)17-36-24(40)10-6-5-9-23-37-38-30(39(23)16-15-19-7-3-2-4-8-19)42-18-22-25(31)27(33)29(35)28(34)26(22)32/h2-4,7-8,11-14H,5-6,9-10,15-18H2,1H3,(H,36,40). The first-order valence-corrected chi connectivity index (χ1v) is 14.3. The van der Waals surface area contributed by atoms with Gasteiger partial charge >= 0.3 is 0 Å². The molecule has 1 amide bonds. The van der Waals surface area contributed by atoms with Gasteiger partial charge in [-0.05, 0) is 42.5 Å². The van der Waals surface area contributed by atoms with Gasteiger partial charge in [0.2, 0.25) is 11.7 Å². The third kappa shape index (κ3) is 7.87. The predicted molar refractivity (Wildman–Crippen MR) is 148 cm³/mol. The number of nitrogens with zero attached hydrogens (tertiary/aromatic N) is 3. The molecule has 222 valence electrons. The molecular formula is C30H29F5N4O2S. The number of nitrogens with one attached hydrogen (secondary N) is 1. The molecule has 3 aromatic carbocycles. The zero-order valence-electron chi connectivity index (χ0n) is 22.8. The molecule has 6 nitrogen and oxygen atoms in total. The Morgan fingerprint density at radius 3 is 2.17 bits per heavy atom. The molecule has 0 fully saturated rings. The maximum Gasteiger partial charge on any atom is 0.220 e. The normalized spacial score (nSPS) is 11.1. The molecule has 0 saturated heterocycles. The molecule has 0 aliphatic carbocycles. The van der Waals surface area contributed by atoms with Crippen molar-refractivity contribution in [3.8, 4) is 5.75 Å². The van der Waals surface area contributed by atoms with Crippen molar-refractivity contribution in [1.29, 1.82) is 0 Å². The van der Waals surface area contributed by atoms with Gasteiger partial charge in [0.05, 0.1) is 7.11 Å². The van der Waals surface area contributed by atoms with Gasteiger partial charge < -0.3 is 14.6 Å². The lowest BCUT2D eigenvalue weighted by molar-refractivity contribution is -0.121. The van der Waals surface area contributed by atoms with Gasteiger partial charge in [0.25, 0.3) is 0 Å². The molecule has 0 saturated carbocycles. The number of thioether (sulfide) groups is 1. The molecule has 4 rings (SSSR count). The number of hydrogen-bond acceptors (Lipinski definition) is 5. The van der Waals surface area contributed by atoms with Crippen LogP contribution < -0.4 is 10.1 Å². The number of hydrogen-bond donors (Lipinski definition) is 1. The minimum atomic E-state index is -2.19. The second-order valence-corrected chi connectivity index (χ2v) is 10.4. The fraction of sp³-hybridized carbons (Fsp3) is 0.300. The topological polar surface area (TPSA) is 69.0 Å². The molecule has 0 radical (unpaired) electrons. The molecule has 1 aromatic heterocycles. The summed E-state index contributed by atoms with van der Waals surface area (Å²) in [6, 6.07) is 17.0. The Balaban J connectivity index is 1.37. The minimum absolute atomic E-state index is 0.0876. The first-order chi connectivity index (χ1) is 20.3. The molecule has 0 bridgehead atoms. The van der Waals surface area contributed by atoms with E-state index in [0.29, 0.717) is 56.2 Å². The number of halogens is 5. The maximum absolute atomic E-state index is 14.2. The number of carbonyl (C=O) groups excluding carboxylic acids is 1. The van der Waals surface area contributed by atoms with Crippen molar-refractivity contribution < 1.29 is 31.5 Å². The van der Waals surface area contributed by atoms with Crippen molar-refractivity contribution in [3.05, 3.63) is 106 Å². The Morgan fingerprint density at radius 1 is 0.833 bits per heavy atom. The molecule has 0 atom stereocenters. The van der Waals surface area contributed by atoms with Crippen molar-refractivity contribution in [2.45, 2.75) is 56.1 Å². The highest BCUT2D eigenvalue weighted by Crippen LogP contribution is 2.29. The van der Waals surface area contributed by atoms with E-state index in [4.69, 9.17) is 4.74 Å². The molecule has 1 heterocycles. The summed E-state index contributed by atoms with van der Waals surface area (Å²) in [5, 5.41) is 11.5. The molecule has 0 aliphatic heterocycles. The Hall–Kier alpha value is -3.93. The Bertz CT molecular complexity index is 1470. The number of ether oxygens (including phenoxy) is 1. The van der Waals surface area contributed by atoms with E-state index < -0.39 is 40.4 Å². The van der Waals surface area contributed by atoms with Crippen LogP contribution in [0.1, 0.15) is 41.8 Å². The van der Waals surface area contributed by atoms with Gasteiger partial charge in [-0.2, -0.15) is 0 Å². The summed E-state index contributed by atoms with van der Waals surface area (Å²) in [4.78, 5) is 12.3. The van der Waals surface area contributed by atoms with Gasteiger partial charge in [0.1, 0.15) is 11.6 Å². The number of carbonyl (C=O) groups is 1. The van der Waals surface area contributed by atoms with Crippen LogP contribution in [0.3, 0.4) is 0 Å². The van der Waals surface area contributed by atoms with Crippen LogP contribution in [0.2, 0.25) is 0 Å². The van der Waals surface area contributed by atoms with E-state index in [2.05, 4.69) is 15.5 Å². The second-order valence-electron chi connectivity index (χ2n) is 9.46. The van der Waals surface area contributed by atoms with E-state index in [0.717, 1.165) is 28.6 Å². The van der Waals surface area contributed by atoms with Gasteiger partial charge in [0.15, 0.2) is 28.4 Å². The van der Waals surface area contributed by atoms with Crippen LogP contribution in [0, 0.1) is 29.1 Å². The minimum Gasteiger partial charge on any atom is -0.497 e. The summed E-state index contributed by atoms with van der Waals surface area (Å²) < 4.78 is 76.1. The highest BCUT2D eigenvalue weighted by atomic mass is 32.2. The fourth-order valence-corrected chi connectivity index (χ4v) is 5.21. The number of amides is 1. The summed E-state index contributed by atoms with van der Waals surface area (Å²) in [5.74, 6) is -9.15. The van der Waals surface area contributed by atoms with E-state index in [1.165, 1.54) is 0 Å². The molecule has 0 spiro atoms. The van der Waals surface area contributed by atoms with Crippen LogP contribution in [0.15, 0.2) is 59.8 Å². The molecule has 0 aliphatic rings. The van der Waals surface area contributed by atoms with Gasteiger partial charge in [-0.3, -0.25) is 4.79 Å². The molecule has 4 aromatic rings. The SMILES string of the molecule is COc1ccc(CNC(=O)CCCCc2nnc(SCc3c(F)c(F)c(F)c(F)c3F)n2CCc2ccccc2)cc1. The summed E-state index contributed by atoms with van der Waals surface area (Å²) in [5.41, 5.74) is 1.07. The summed E-state index contributed by atoms with van der Waals surface area (Å²) in [6.07, 6.45) is 2.62. The van der Waals surface area contributed by atoms with E-state index in [-0.39, 0.29) is 5.91 Å². The zero-order chi connectivity index (χ0) is 30.1. The van der Waals surface area contributed by atoms with Gasteiger partial charge in [-0.25, -0.2) is 22.0 Å². The summed E-state index contributed by atoms with van der Waals surface area (Å²) in [7, 11) is 1.59. The smallest absolute Gasteiger partial charge is 0.220 e. The quantitative estimate of drug-likeness (QED) is 0.0582. The van der Waals surface area contributed by atoms with Crippen LogP contribution in [-0.2, 0) is 36.5 Å². The lowest BCUT2D eigenvalue weighted by Crippen LogP contribution is -2.22. The second kappa shape index (κ2) is 14.8. The number of rotatable bonds is 14.